The van der Waals surface area contributed by atoms with Crippen LogP contribution >= 0.6 is 22.9 Å². The first-order valence-corrected chi connectivity index (χ1v) is 7.69. The second-order valence-electron chi connectivity index (χ2n) is 4.89. The highest BCUT2D eigenvalue weighted by Gasteiger charge is 2.40. The Morgan fingerprint density at radius 2 is 2.24 bits per heavy atom. The third-order valence-electron chi connectivity index (χ3n) is 3.57. The number of anilines is 1. The Bertz CT molecular complexity index is 731. The average molecular weight is 322 g/mol. The highest BCUT2D eigenvalue weighted by atomic mass is 35.5. The molecule has 3 rings (SSSR count). The van der Waals surface area contributed by atoms with Crippen LogP contribution in [0.4, 0.5) is 5.13 Å². The molecule has 0 bridgehead atoms. The maximum absolute atomic E-state index is 12.4. The molecule has 1 aromatic carbocycles. The summed E-state index contributed by atoms with van der Waals surface area (Å²) in [4.78, 5) is 16.8. The van der Waals surface area contributed by atoms with E-state index in [1.807, 2.05) is 0 Å². The number of hydrogen-bond donors (Lipinski definition) is 1. The molecular weight excluding hydrogens is 310 g/mol. The van der Waals surface area contributed by atoms with Gasteiger partial charge in [0.1, 0.15) is 5.41 Å². The van der Waals surface area contributed by atoms with Crippen molar-refractivity contribution in [3.8, 4) is 6.07 Å². The number of nitrogens with one attached hydrogen (secondary N) is 1. The first kappa shape index (κ1) is 14.3. The maximum Gasteiger partial charge on any atom is 0.246 e. The second kappa shape index (κ2) is 5.60. The van der Waals surface area contributed by atoms with Crippen LogP contribution in [0.2, 0.25) is 5.02 Å². The topological polar surface area (TPSA) is 75.0 Å². The van der Waals surface area contributed by atoms with Crippen molar-refractivity contribution in [2.45, 2.75) is 12.8 Å². The lowest BCUT2D eigenvalue weighted by Gasteiger charge is -2.28. The Labute approximate surface area is 130 Å². The zero-order valence-corrected chi connectivity index (χ0v) is 12.6. The Hall–Kier alpha value is -1.68. The van der Waals surface area contributed by atoms with Gasteiger partial charge in [-0.2, -0.15) is 5.26 Å². The van der Waals surface area contributed by atoms with Crippen molar-refractivity contribution >= 4 is 44.2 Å². The molecule has 5 nitrogen and oxygen atoms in total. The van der Waals surface area contributed by atoms with Crippen molar-refractivity contribution < 1.29 is 9.53 Å². The van der Waals surface area contributed by atoms with Gasteiger partial charge in [0.2, 0.25) is 5.91 Å². The number of nitriles is 1. The summed E-state index contributed by atoms with van der Waals surface area (Å²) in [5, 5.41) is 13.2. The molecule has 0 unspecified atom stereocenters. The van der Waals surface area contributed by atoms with Crippen LogP contribution in [0.5, 0.6) is 0 Å². The van der Waals surface area contributed by atoms with E-state index >= 15 is 0 Å². The van der Waals surface area contributed by atoms with E-state index in [1.165, 1.54) is 11.3 Å². The van der Waals surface area contributed by atoms with Crippen LogP contribution in [0.15, 0.2) is 18.2 Å². The molecule has 108 valence electrons. The van der Waals surface area contributed by atoms with Gasteiger partial charge in [-0.15, -0.1) is 0 Å². The van der Waals surface area contributed by atoms with Gasteiger partial charge in [-0.1, -0.05) is 22.9 Å². The van der Waals surface area contributed by atoms with E-state index in [4.69, 9.17) is 16.3 Å². The molecule has 1 saturated heterocycles. The highest BCUT2D eigenvalue weighted by molar-refractivity contribution is 7.22. The number of ether oxygens (including phenoxy) is 1. The predicted molar refractivity (Wildman–Crippen MR) is 81.4 cm³/mol. The maximum atomic E-state index is 12.4. The van der Waals surface area contributed by atoms with Crippen molar-refractivity contribution in [1.82, 2.24) is 4.98 Å². The van der Waals surface area contributed by atoms with Crippen molar-refractivity contribution in [1.29, 1.82) is 5.26 Å². The Balaban J connectivity index is 1.84. The lowest BCUT2D eigenvalue weighted by molar-refractivity contribution is -0.126. The number of halogens is 1. The van der Waals surface area contributed by atoms with Gasteiger partial charge in [-0.25, -0.2) is 4.98 Å². The van der Waals surface area contributed by atoms with Gasteiger partial charge in [0.15, 0.2) is 5.13 Å². The van der Waals surface area contributed by atoms with Crippen LogP contribution in [-0.2, 0) is 9.53 Å². The van der Waals surface area contributed by atoms with Crippen molar-refractivity contribution in [3.05, 3.63) is 23.2 Å². The van der Waals surface area contributed by atoms with Gasteiger partial charge >= 0.3 is 0 Å². The van der Waals surface area contributed by atoms with E-state index < -0.39 is 5.41 Å². The summed E-state index contributed by atoms with van der Waals surface area (Å²) in [6.45, 7) is 0.854. The number of hydrogen-bond acceptors (Lipinski definition) is 5. The summed E-state index contributed by atoms with van der Waals surface area (Å²) < 4.78 is 6.13. The van der Waals surface area contributed by atoms with Crippen molar-refractivity contribution in [2.75, 3.05) is 18.5 Å². The number of carbonyl (C=O) groups is 1. The largest absolute Gasteiger partial charge is 0.381 e. The molecule has 0 radical (unpaired) electrons. The normalized spacial score (nSPS) is 17.3. The first-order chi connectivity index (χ1) is 10.1. The predicted octanol–water partition coefficient (Wildman–Crippen LogP) is 3.21. The number of amides is 1. The van der Waals surface area contributed by atoms with Crippen LogP contribution in [0, 0.1) is 16.7 Å². The zero-order valence-electron chi connectivity index (χ0n) is 11.1. The van der Waals surface area contributed by atoms with E-state index in [0.29, 0.717) is 36.2 Å². The van der Waals surface area contributed by atoms with Crippen LogP contribution in [0.25, 0.3) is 10.2 Å². The van der Waals surface area contributed by atoms with E-state index in [2.05, 4.69) is 16.4 Å². The third kappa shape index (κ3) is 2.72. The standard InChI is InChI=1S/C14H12ClN3O2S/c15-9-1-2-10-11(7-9)21-13(17-10)18-12(19)14(8-16)3-5-20-6-4-14/h1-2,7H,3-6H2,(H,17,18,19). The molecule has 1 aromatic heterocycles. The molecule has 21 heavy (non-hydrogen) atoms. The van der Waals surface area contributed by atoms with Crippen LogP contribution in [0.1, 0.15) is 12.8 Å². The molecule has 1 aliphatic rings. The minimum atomic E-state index is -1.02. The molecule has 7 heteroatoms. The Morgan fingerprint density at radius 1 is 1.48 bits per heavy atom. The molecule has 0 spiro atoms. The summed E-state index contributed by atoms with van der Waals surface area (Å²) in [5.74, 6) is -0.307. The number of aromatic nitrogens is 1. The Morgan fingerprint density at radius 3 is 2.95 bits per heavy atom. The van der Waals surface area contributed by atoms with Gasteiger partial charge < -0.3 is 10.1 Å². The lowest BCUT2D eigenvalue weighted by Crippen LogP contribution is -2.39. The van der Waals surface area contributed by atoms with Gasteiger partial charge in [-0.05, 0) is 31.0 Å². The highest BCUT2D eigenvalue weighted by Crippen LogP contribution is 2.33. The first-order valence-electron chi connectivity index (χ1n) is 6.49. The fourth-order valence-electron chi connectivity index (χ4n) is 2.28. The number of thiazole rings is 1. The van der Waals surface area contributed by atoms with E-state index in [1.54, 1.807) is 18.2 Å². The molecular formula is C14H12ClN3O2S. The van der Waals surface area contributed by atoms with E-state index in [9.17, 15) is 10.1 Å². The van der Waals surface area contributed by atoms with Crippen molar-refractivity contribution in [3.63, 3.8) is 0 Å². The van der Waals surface area contributed by atoms with E-state index in [-0.39, 0.29) is 5.91 Å². The number of nitrogens with zero attached hydrogens (tertiary/aromatic N) is 2. The number of carbonyl (C=O) groups excluding carboxylic acids is 1. The van der Waals surface area contributed by atoms with Gasteiger partial charge in [-0.3, -0.25) is 4.79 Å². The number of benzene rings is 1. The summed E-state index contributed by atoms with van der Waals surface area (Å²) in [6.07, 6.45) is 0.818. The second-order valence-corrected chi connectivity index (χ2v) is 6.36. The fourth-order valence-corrected chi connectivity index (χ4v) is 3.42. The molecule has 1 N–H and O–H groups in total. The average Bonchev–Trinajstić information content (AvgIpc) is 2.89. The monoisotopic (exact) mass is 321 g/mol. The third-order valence-corrected chi connectivity index (χ3v) is 4.73. The molecule has 0 atom stereocenters. The summed E-state index contributed by atoms with van der Waals surface area (Å²) in [7, 11) is 0. The summed E-state index contributed by atoms with van der Waals surface area (Å²) in [5.41, 5.74) is -0.244. The molecule has 2 heterocycles. The summed E-state index contributed by atoms with van der Waals surface area (Å²) >= 11 is 7.28. The fraction of sp³-hybridized carbons (Fsp3) is 0.357. The minimum absolute atomic E-state index is 0.307. The van der Waals surface area contributed by atoms with Crippen molar-refractivity contribution in [2.24, 2.45) is 5.41 Å². The van der Waals surface area contributed by atoms with Gasteiger partial charge in [0, 0.05) is 18.2 Å². The van der Waals surface area contributed by atoms with Gasteiger partial charge in [0.05, 0.1) is 16.3 Å². The number of fused-ring (bicyclic) bond motifs is 1. The van der Waals surface area contributed by atoms with Crippen LogP contribution in [0.3, 0.4) is 0 Å². The quantitative estimate of drug-likeness (QED) is 0.921. The molecule has 1 fully saturated rings. The Kier molecular flexibility index (Phi) is 3.81. The van der Waals surface area contributed by atoms with Crippen LogP contribution in [-0.4, -0.2) is 24.1 Å². The molecule has 0 aliphatic carbocycles. The lowest BCUT2D eigenvalue weighted by atomic mass is 9.81. The van der Waals surface area contributed by atoms with E-state index in [0.717, 1.165) is 10.2 Å². The molecule has 1 amide bonds. The molecule has 0 saturated carbocycles. The minimum Gasteiger partial charge on any atom is -0.381 e. The summed E-state index contributed by atoms with van der Waals surface area (Å²) in [6, 6.07) is 7.51. The zero-order chi connectivity index (χ0) is 14.9. The van der Waals surface area contributed by atoms with Gasteiger partial charge in [0.25, 0.3) is 0 Å². The SMILES string of the molecule is N#CC1(C(=O)Nc2nc3ccc(Cl)cc3s2)CCOCC1. The van der Waals surface area contributed by atoms with Crippen LogP contribution < -0.4 is 5.32 Å². The smallest absolute Gasteiger partial charge is 0.246 e. The number of rotatable bonds is 2. The molecule has 2 aromatic rings. The molecule has 1 aliphatic heterocycles.